The Morgan fingerprint density at radius 1 is 1.09 bits per heavy atom. The summed E-state index contributed by atoms with van der Waals surface area (Å²) >= 11 is 3.36. The number of ether oxygens (including phenoxy) is 2. The van der Waals surface area contributed by atoms with Crippen LogP contribution in [0.1, 0.15) is 12.0 Å². The normalized spacial score (nSPS) is 10.3. The maximum atomic E-state index is 11.7. The van der Waals surface area contributed by atoms with Gasteiger partial charge < -0.3 is 14.8 Å². The molecule has 0 saturated heterocycles. The SMILES string of the molecule is O=C(COc1cccc(Br)c1)NCCCOCc1ccccc1. The van der Waals surface area contributed by atoms with Crippen molar-refractivity contribution < 1.29 is 14.3 Å². The maximum Gasteiger partial charge on any atom is 0.257 e. The second-order valence-corrected chi connectivity index (χ2v) is 5.90. The van der Waals surface area contributed by atoms with Crippen LogP contribution in [0.25, 0.3) is 0 Å². The third-order valence-corrected chi connectivity index (χ3v) is 3.56. The zero-order valence-electron chi connectivity index (χ0n) is 12.8. The lowest BCUT2D eigenvalue weighted by Gasteiger charge is -2.08. The summed E-state index contributed by atoms with van der Waals surface area (Å²) in [6, 6.07) is 17.4. The van der Waals surface area contributed by atoms with Gasteiger partial charge in [0, 0.05) is 17.6 Å². The van der Waals surface area contributed by atoms with Crippen molar-refractivity contribution in [3.63, 3.8) is 0 Å². The molecule has 4 nitrogen and oxygen atoms in total. The van der Waals surface area contributed by atoms with E-state index in [9.17, 15) is 4.79 Å². The third kappa shape index (κ3) is 7.30. The molecule has 1 amide bonds. The van der Waals surface area contributed by atoms with Gasteiger partial charge >= 0.3 is 0 Å². The Kier molecular flexibility index (Phi) is 7.63. The van der Waals surface area contributed by atoms with E-state index in [1.165, 1.54) is 0 Å². The molecule has 0 radical (unpaired) electrons. The number of nitrogens with one attached hydrogen (secondary N) is 1. The number of carbonyl (C=O) groups is 1. The van der Waals surface area contributed by atoms with E-state index < -0.39 is 0 Å². The van der Waals surface area contributed by atoms with Gasteiger partial charge in [0.1, 0.15) is 5.75 Å². The summed E-state index contributed by atoms with van der Waals surface area (Å²) in [5.41, 5.74) is 1.15. The van der Waals surface area contributed by atoms with Crippen LogP contribution in [-0.4, -0.2) is 25.7 Å². The summed E-state index contributed by atoms with van der Waals surface area (Å²) < 4.78 is 11.9. The van der Waals surface area contributed by atoms with Crippen molar-refractivity contribution in [2.45, 2.75) is 13.0 Å². The van der Waals surface area contributed by atoms with Gasteiger partial charge in [0.05, 0.1) is 6.61 Å². The van der Waals surface area contributed by atoms with Crippen LogP contribution in [0.4, 0.5) is 0 Å². The van der Waals surface area contributed by atoms with Crippen molar-refractivity contribution in [1.29, 1.82) is 0 Å². The summed E-state index contributed by atoms with van der Waals surface area (Å²) in [7, 11) is 0. The van der Waals surface area contributed by atoms with Crippen LogP contribution in [0.5, 0.6) is 5.75 Å². The van der Waals surface area contributed by atoms with Gasteiger partial charge in [-0.3, -0.25) is 4.79 Å². The van der Waals surface area contributed by atoms with Crippen molar-refractivity contribution in [3.8, 4) is 5.75 Å². The molecule has 0 heterocycles. The first kappa shape index (κ1) is 17.5. The Balaban J connectivity index is 1.51. The Labute approximate surface area is 144 Å². The van der Waals surface area contributed by atoms with Crippen LogP contribution < -0.4 is 10.1 Å². The summed E-state index contributed by atoms with van der Waals surface area (Å²) in [6.07, 6.45) is 0.773. The highest BCUT2D eigenvalue weighted by Gasteiger charge is 2.02. The van der Waals surface area contributed by atoms with Crippen LogP contribution >= 0.6 is 15.9 Å². The van der Waals surface area contributed by atoms with Crippen molar-refractivity contribution in [2.75, 3.05) is 19.8 Å². The Bertz CT molecular complexity index is 604. The fourth-order valence-corrected chi connectivity index (χ4v) is 2.30. The first-order valence-electron chi connectivity index (χ1n) is 7.51. The van der Waals surface area contributed by atoms with Gasteiger partial charge in [-0.05, 0) is 30.2 Å². The average Bonchev–Trinajstić information content (AvgIpc) is 2.57. The smallest absolute Gasteiger partial charge is 0.257 e. The number of rotatable bonds is 9. The summed E-state index contributed by atoms with van der Waals surface area (Å²) in [6.45, 7) is 1.80. The van der Waals surface area contributed by atoms with Crippen LogP contribution in [0.2, 0.25) is 0 Å². The number of amides is 1. The second-order valence-electron chi connectivity index (χ2n) is 4.99. The number of carbonyl (C=O) groups excluding carboxylic acids is 1. The van der Waals surface area contributed by atoms with E-state index >= 15 is 0 Å². The van der Waals surface area contributed by atoms with E-state index in [0.29, 0.717) is 25.5 Å². The van der Waals surface area contributed by atoms with E-state index in [4.69, 9.17) is 9.47 Å². The summed E-state index contributed by atoms with van der Waals surface area (Å²) in [5, 5.41) is 2.81. The molecule has 0 aromatic heterocycles. The molecule has 5 heteroatoms. The molecule has 0 atom stereocenters. The minimum atomic E-state index is -0.131. The predicted molar refractivity (Wildman–Crippen MR) is 93.4 cm³/mol. The van der Waals surface area contributed by atoms with Crippen LogP contribution in [0.3, 0.4) is 0 Å². The van der Waals surface area contributed by atoms with Gasteiger partial charge in [0.2, 0.25) is 0 Å². The standard InChI is InChI=1S/C18H20BrNO3/c19-16-8-4-9-17(12-16)23-14-18(21)20-10-5-11-22-13-15-6-2-1-3-7-15/h1-4,6-9,12H,5,10-11,13-14H2,(H,20,21). The highest BCUT2D eigenvalue weighted by Crippen LogP contribution is 2.17. The number of hydrogen-bond acceptors (Lipinski definition) is 3. The largest absolute Gasteiger partial charge is 0.484 e. The van der Waals surface area contributed by atoms with Gasteiger partial charge in [-0.1, -0.05) is 52.3 Å². The highest BCUT2D eigenvalue weighted by molar-refractivity contribution is 9.10. The van der Waals surface area contributed by atoms with Gasteiger partial charge in [0.25, 0.3) is 5.91 Å². The molecule has 23 heavy (non-hydrogen) atoms. The zero-order chi connectivity index (χ0) is 16.3. The molecule has 0 bridgehead atoms. The van der Waals surface area contributed by atoms with Crippen LogP contribution in [-0.2, 0) is 16.1 Å². The molecular formula is C18H20BrNO3. The molecule has 2 aromatic rings. The van der Waals surface area contributed by atoms with E-state index in [1.54, 1.807) is 0 Å². The molecule has 122 valence electrons. The fraction of sp³-hybridized carbons (Fsp3) is 0.278. The first-order valence-corrected chi connectivity index (χ1v) is 8.30. The van der Waals surface area contributed by atoms with E-state index in [-0.39, 0.29) is 12.5 Å². The lowest BCUT2D eigenvalue weighted by molar-refractivity contribution is -0.123. The van der Waals surface area contributed by atoms with Gasteiger partial charge in [-0.25, -0.2) is 0 Å². The Hall–Kier alpha value is -1.85. The van der Waals surface area contributed by atoms with Gasteiger partial charge in [-0.2, -0.15) is 0 Å². The maximum absolute atomic E-state index is 11.7. The molecule has 0 aliphatic rings. The molecule has 0 aliphatic heterocycles. The summed E-state index contributed by atoms with van der Waals surface area (Å²) in [5.74, 6) is 0.536. The topological polar surface area (TPSA) is 47.6 Å². The minimum Gasteiger partial charge on any atom is -0.484 e. The second kappa shape index (κ2) is 10.0. The third-order valence-electron chi connectivity index (χ3n) is 3.07. The summed E-state index contributed by atoms with van der Waals surface area (Å²) in [4.78, 5) is 11.7. The molecule has 2 aromatic carbocycles. The lowest BCUT2D eigenvalue weighted by atomic mass is 10.2. The molecule has 1 N–H and O–H groups in total. The van der Waals surface area contributed by atoms with E-state index in [0.717, 1.165) is 16.5 Å². The van der Waals surface area contributed by atoms with Gasteiger partial charge in [-0.15, -0.1) is 0 Å². The van der Waals surface area contributed by atoms with Crippen molar-refractivity contribution >= 4 is 21.8 Å². The minimum absolute atomic E-state index is 0.0152. The first-order chi connectivity index (χ1) is 11.2. The molecular weight excluding hydrogens is 358 g/mol. The number of benzene rings is 2. The van der Waals surface area contributed by atoms with Crippen LogP contribution in [0, 0.1) is 0 Å². The van der Waals surface area contributed by atoms with Crippen LogP contribution in [0.15, 0.2) is 59.1 Å². The Morgan fingerprint density at radius 3 is 2.70 bits per heavy atom. The van der Waals surface area contributed by atoms with Gasteiger partial charge in [0.15, 0.2) is 6.61 Å². The number of halogens is 1. The quantitative estimate of drug-likeness (QED) is 0.679. The van der Waals surface area contributed by atoms with E-state index in [1.807, 2.05) is 54.6 Å². The monoisotopic (exact) mass is 377 g/mol. The molecule has 2 rings (SSSR count). The van der Waals surface area contributed by atoms with Crippen molar-refractivity contribution in [3.05, 3.63) is 64.6 Å². The zero-order valence-corrected chi connectivity index (χ0v) is 14.4. The molecule has 0 fully saturated rings. The molecule has 0 aliphatic carbocycles. The van der Waals surface area contributed by atoms with E-state index in [2.05, 4.69) is 21.2 Å². The number of hydrogen-bond donors (Lipinski definition) is 1. The fourth-order valence-electron chi connectivity index (χ4n) is 1.92. The molecule has 0 unspecified atom stereocenters. The molecule has 0 spiro atoms. The highest BCUT2D eigenvalue weighted by atomic mass is 79.9. The van der Waals surface area contributed by atoms with Crippen molar-refractivity contribution in [2.24, 2.45) is 0 Å². The lowest BCUT2D eigenvalue weighted by Crippen LogP contribution is -2.30. The Morgan fingerprint density at radius 2 is 1.91 bits per heavy atom. The van der Waals surface area contributed by atoms with Crippen molar-refractivity contribution in [1.82, 2.24) is 5.32 Å². The average molecular weight is 378 g/mol. The predicted octanol–water partition coefficient (Wildman–Crippen LogP) is 3.55. The molecule has 0 saturated carbocycles.